The number of aliphatic imine (C=N–C) groups is 1. The molecule has 0 spiro atoms. The van der Waals surface area contributed by atoms with Gasteiger partial charge in [-0.05, 0) is 66.5 Å². The maximum atomic E-state index is 13.1. The predicted molar refractivity (Wildman–Crippen MR) is 117 cm³/mol. The number of nitrogens with zero attached hydrogens (tertiary/aromatic N) is 2. The van der Waals surface area contributed by atoms with Crippen LogP contribution in [0.2, 0.25) is 0 Å². The Morgan fingerprint density at radius 3 is 2.68 bits per heavy atom. The lowest BCUT2D eigenvalue weighted by Crippen LogP contribution is -2.46. The highest BCUT2D eigenvalue weighted by molar-refractivity contribution is 6.02. The second kappa shape index (κ2) is 9.29. The molecular weight excluding hydrogens is 397 g/mol. The van der Waals surface area contributed by atoms with Crippen LogP contribution in [0.3, 0.4) is 0 Å². The van der Waals surface area contributed by atoms with E-state index in [0.29, 0.717) is 31.6 Å². The minimum absolute atomic E-state index is 0.00808. The van der Waals surface area contributed by atoms with Crippen LogP contribution in [0, 0.1) is 17.7 Å². The van der Waals surface area contributed by atoms with Crippen molar-refractivity contribution in [2.24, 2.45) is 16.8 Å². The molecule has 2 unspecified atom stereocenters. The third-order valence-electron chi connectivity index (χ3n) is 6.18. The number of carboxylic acids is 1. The number of carbonyl (C=O) groups is 2. The van der Waals surface area contributed by atoms with Gasteiger partial charge in [-0.2, -0.15) is 0 Å². The smallest absolute Gasteiger partial charge is 0.321 e. The van der Waals surface area contributed by atoms with Crippen molar-refractivity contribution in [2.45, 2.75) is 25.7 Å². The van der Waals surface area contributed by atoms with Crippen LogP contribution in [0.15, 0.2) is 53.5 Å². The van der Waals surface area contributed by atoms with Crippen molar-refractivity contribution >= 4 is 23.4 Å². The Hall–Kier alpha value is -3.22. The van der Waals surface area contributed by atoms with E-state index in [0.717, 1.165) is 24.2 Å². The fourth-order valence-electron chi connectivity index (χ4n) is 4.56. The van der Waals surface area contributed by atoms with Gasteiger partial charge in [-0.25, -0.2) is 9.18 Å². The van der Waals surface area contributed by atoms with Gasteiger partial charge in [-0.15, -0.1) is 0 Å². The summed E-state index contributed by atoms with van der Waals surface area (Å²) in [6, 6.07) is 13.6. The second-order valence-electron chi connectivity index (χ2n) is 8.23. The van der Waals surface area contributed by atoms with Gasteiger partial charge in [0, 0.05) is 37.5 Å². The second-order valence-corrected chi connectivity index (χ2v) is 8.23. The number of piperidine rings is 1. The number of fused-ring (bicyclic) bond motifs is 1. The van der Waals surface area contributed by atoms with Gasteiger partial charge in [-0.3, -0.25) is 9.79 Å². The van der Waals surface area contributed by atoms with Crippen molar-refractivity contribution < 1.29 is 19.1 Å². The van der Waals surface area contributed by atoms with E-state index in [1.807, 2.05) is 12.1 Å². The number of anilines is 1. The molecule has 2 heterocycles. The molecule has 0 bridgehead atoms. The lowest BCUT2D eigenvalue weighted by Gasteiger charge is -2.38. The number of urea groups is 1. The number of amides is 2. The molecule has 2 atom stereocenters. The van der Waals surface area contributed by atoms with E-state index >= 15 is 0 Å². The first-order valence-electron chi connectivity index (χ1n) is 10.6. The van der Waals surface area contributed by atoms with Crippen LogP contribution in [0.5, 0.6) is 0 Å². The van der Waals surface area contributed by atoms with Crippen LogP contribution >= 0.6 is 0 Å². The van der Waals surface area contributed by atoms with Crippen LogP contribution in [0.1, 0.15) is 30.4 Å². The van der Waals surface area contributed by atoms with Gasteiger partial charge in [0.05, 0.1) is 0 Å². The van der Waals surface area contributed by atoms with Crippen LogP contribution in [0.25, 0.3) is 0 Å². The lowest BCUT2D eigenvalue weighted by molar-refractivity contribution is -0.138. The van der Waals surface area contributed by atoms with Gasteiger partial charge >= 0.3 is 12.0 Å². The third-order valence-corrected chi connectivity index (χ3v) is 6.18. The zero-order valence-corrected chi connectivity index (χ0v) is 17.3. The van der Waals surface area contributed by atoms with Gasteiger partial charge in [0.25, 0.3) is 0 Å². The van der Waals surface area contributed by atoms with Gasteiger partial charge in [0.2, 0.25) is 0 Å². The summed E-state index contributed by atoms with van der Waals surface area (Å²) in [6.07, 6.45) is 2.28. The molecule has 2 aromatic carbocycles. The Morgan fingerprint density at radius 2 is 1.90 bits per heavy atom. The fourth-order valence-corrected chi connectivity index (χ4v) is 4.56. The molecule has 31 heavy (non-hydrogen) atoms. The SMILES string of the molecule is O=C(O)CC1CCN(C(=O)Nc2ccc(F)cc2)CC1CC1=NCCc2ccccc21. The molecule has 2 amide bonds. The molecule has 1 saturated heterocycles. The number of benzene rings is 2. The normalized spacial score (nSPS) is 20.5. The standard InChI is InChI=1S/C24H26FN3O3/c25-19-5-7-20(8-6-19)27-24(31)28-12-10-17(14-23(29)30)18(15-28)13-22-21-4-2-1-3-16(21)9-11-26-22/h1-8,17-18H,9-15H2,(H,27,31)(H,29,30). The van der Waals surface area contributed by atoms with Crippen molar-refractivity contribution in [3.8, 4) is 0 Å². The molecule has 2 aromatic rings. The summed E-state index contributed by atoms with van der Waals surface area (Å²) in [7, 11) is 0. The molecule has 2 aliphatic heterocycles. The predicted octanol–water partition coefficient (Wildman–Crippen LogP) is 4.21. The molecule has 2 N–H and O–H groups in total. The minimum atomic E-state index is -0.815. The number of nitrogens with one attached hydrogen (secondary N) is 1. The number of carbonyl (C=O) groups excluding carboxylic acids is 1. The average Bonchev–Trinajstić information content (AvgIpc) is 2.76. The molecule has 0 aliphatic carbocycles. The van der Waals surface area contributed by atoms with E-state index in [4.69, 9.17) is 4.99 Å². The summed E-state index contributed by atoms with van der Waals surface area (Å²) in [5.74, 6) is -1.18. The fraction of sp³-hybridized carbons (Fsp3) is 0.375. The molecule has 1 fully saturated rings. The Morgan fingerprint density at radius 1 is 1.13 bits per heavy atom. The molecule has 6 nitrogen and oxygen atoms in total. The zero-order chi connectivity index (χ0) is 21.8. The number of hydrogen-bond acceptors (Lipinski definition) is 3. The molecule has 0 aromatic heterocycles. The van der Waals surface area contributed by atoms with E-state index in [9.17, 15) is 19.1 Å². The number of carboxylic acid groups (broad SMARTS) is 1. The zero-order valence-electron chi connectivity index (χ0n) is 17.3. The number of hydrogen-bond donors (Lipinski definition) is 2. The van der Waals surface area contributed by atoms with Gasteiger partial charge in [0.1, 0.15) is 5.82 Å². The number of likely N-dealkylation sites (tertiary alicyclic amines) is 1. The van der Waals surface area contributed by atoms with E-state index in [-0.39, 0.29) is 30.1 Å². The largest absolute Gasteiger partial charge is 0.481 e. The van der Waals surface area contributed by atoms with Gasteiger partial charge < -0.3 is 15.3 Å². The Kier molecular flexibility index (Phi) is 6.30. The monoisotopic (exact) mass is 423 g/mol. The number of aliphatic carboxylic acids is 1. The van der Waals surface area contributed by atoms with Crippen LogP contribution in [-0.4, -0.2) is 47.4 Å². The highest BCUT2D eigenvalue weighted by Crippen LogP contribution is 2.32. The van der Waals surface area contributed by atoms with E-state index < -0.39 is 5.97 Å². The maximum absolute atomic E-state index is 13.1. The highest BCUT2D eigenvalue weighted by atomic mass is 19.1. The minimum Gasteiger partial charge on any atom is -0.481 e. The topological polar surface area (TPSA) is 82.0 Å². The maximum Gasteiger partial charge on any atom is 0.321 e. The van der Waals surface area contributed by atoms with Crippen molar-refractivity contribution in [1.82, 2.24) is 4.90 Å². The van der Waals surface area contributed by atoms with Crippen LogP contribution in [0.4, 0.5) is 14.9 Å². The van der Waals surface area contributed by atoms with Crippen molar-refractivity contribution in [1.29, 1.82) is 0 Å². The summed E-state index contributed by atoms with van der Waals surface area (Å²) in [5, 5.41) is 12.2. The first kappa shape index (κ1) is 21.0. The third kappa shape index (κ3) is 5.10. The quantitative estimate of drug-likeness (QED) is 0.756. The van der Waals surface area contributed by atoms with Crippen molar-refractivity contribution in [3.63, 3.8) is 0 Å². The van der Waals surface area contributed by atoms with Gasteiger partial charge in [0.15, 0.2) is 0 Å². The first-order valence-corrected chi connectivity index (χ1v) is 10.6. The first-order chi connectivity index (χ1) is 15.0. The summed E-state index contributed by atoms with van der Waals surface area (Å²) in [4.78, 5) is 30.7. The Bertz CT molecular complexity index is 990. The molecule has 0 radical (unpaired) electrons. The molecule has 162 valence electrons. The summed E-state index contributed by atoms with van der Waals surface area (Å²) >= 11 is 0. The molecule has 2 aliphatic rings. The highest BCUT2D eigenvalue weighted by Gasteiger charge is 2.34. The summed E-state index contributed by atoms with van der Waals surface area (Å²) in [5.41, 5.74) is 3.93. The summed E-state index contributed by atoms with van der Waals surface area (Å²) in [6.45, 7) is 1.69. The lowest BCUT2D eigenvalue weighted by atomic mass is 9.78. The van der Waals surface area contributed by atoms with Crippen molar-refractivity contribution in [2.75, 3.05) is 25.0 Å². The molecule has 4 rings (SSSR count). The molecule has 0 saturated carbocycles. The van der Waals surface area contributed by atoms with E-state index in [1.54, 1.807) is 4.90 Å². The Labute approximate surface area is 180 Å². The van der Waals surface area contributed by atoms with E-state index in [1.165, 1.54) is 29.8 Å². The average molecular weight is 423 g/mol. The number of rotatable bonds is 5. The van der Waals surface area contributed by atoms with Gasteiger partial charge in [-0.1, -0.05) is 24.3 Å². The molecular formula is C24H26FN3O3. The van der Waals surface area contributed by atoms with Crippen molar-refractivity contribution in [3.05, 3.63) is 65.5 Å². The van der Waals surface area contributed by atoms with E-state index in [2.05, 4.69) is 17.4 Å². The van der Waals surface area contributed by atoms with Crippen LogP contribution in [-0.2, 0) is 11.2 Å². The molecule has 7 heteroatoms. The Balaban J connectivity index is 1.49. The number of halogens is 1. The summed E-state index contributed by atoms with van der Waals surface area (Å²) < 4.78 is 13.1. The van der Waals surface area contributed by atoms with Crippen LogP contribution < -0.4 is 5.32 Å².